The predicted molar refractivity (Wildman–Crippen MR) is 84.2 cm³/mol. The summed E-state index contributed by atoms with van der Waals surface area (Å²) in [5.41, 5.74) is 0.563. The second-order valence-electron chi connectivity index (χ2n) is 5.90. The van der Waals surface area contributed by atoms with Crippen molar-refractivity contribution >= 4 is 5.91 Å². The molecule has 8 nitrogen and oxygen atoms in total. The van der Waals surface area contributed by atoms with E-state index in [0.29, 0.717) is 5.92 Å². The smallest absolute Gasteiger partial charge is 0.267 e. The lowest BCUT2D eigenvalue weighted by atomic mass is 10.2. The summed E-state index contributed by atoms with van der Waals surface area (Å²) >= 11 is 0. The molecule has 1 aliphatic heterocycles. The maximum absolute atomic E-state index is 12.2. The second kappa shape index (κ2) is 6.84. The zero-order valence-corrected chi connectivity index (χ0v) is 13.7. The maximum atomic E-state index is 12.2. The maximum Gasteiger partial charge on any atom is 0.267 e. The number of ether oxygens (including phenoxy) is 3. The van der Waals surface area contributed by atoms with Gasteiger partial charge in [0.1, 0.15) is 6.54 Å². The number of amides is 1. The third-order valence-electron chi connectivity index (χ3n) is 4.11. The molecule has 2 heterocycles. The molecule has 0 saturated heterocycles. The third kappa shape index (κ3) is 3.72. The van der Waals surface area contributed by atoms with Crippen molar-refractivity contribution in [3.8, 4) is 0 Å². The van der Waals surface area contributed by atoms with Gasteiger partial charge >= 0.3 is 0 Å². The van der Waals surface area contributed by atoms with E-state index in [4.69, 9.17) is 14.2 Å². The number of methoxy groups -OCH3 is 2. The van der Waals surface area contributed by atoms with E-state index in [1.165, 1.54) is 25.0 Å². The molecule has 1 fully saturated rings. The highest BCUT2D eigenvalue weighted by Gasteiger charge is 2.36. The quantitative estimate of drug-likeness (QED) is 0.713. The first-order valence-electron chi connectivity index (χ1n) is 7.85. The molecule has 1 saturated carbocycles. The Morgan fingerprint density at radius 1 is 1.46 bits per heavy atom. The number of rotatable bonds is 7. The summed E-state index contributed by atoms with van der Waals surface area (Å²) in [6, 6.07) is 3.19. The van der Waals surface area contributed by atoms with E-state index in [-0.39, 0.29) is 24.6 Å². The molecule has 2 aliphatic rings. The van der Waals surface area contributed by atoms with E-state index in [1.54, 1.807) is 18.2 Å². The van der Waals surface area contributed by atoms with Gasteiger partial charge in [0.25, 0.3) is 5.56 Å². The molecule has 0 bridgehead atoms. The van der Waals surface area contributed by atoms with E-state index < -0.39 is 12.1 Å². The van der Waals surface area contributed by atoms with E-state index >= 15 is 0 Å². The van der Waals surface area contributed by atoms with Crippen molar-refractivity contribution < 1.29 is 19.0 Å². The van der Waals surface area contributed by atoms with Crippen LogP contribution in [-0.2, 0) is 25.5 Å². The normalized spacial score (nSPS) is 25.8. The molecule has 1 aromatic rings. The van der Waals surface area contributed by atoms with Crippen LogP contribution in [0.2, 0.25) is 0 Å². The van der Waals surface area contributed by atoms with Gasteiger partial charge in [-0.05, 0) is 31.1 Å². The fourth-order valence-corrected chi connectivity index (χ4v) is 2.50. The minimum absolute atomic E-state index is 0.107. The third-order valence-corrected chi connectivity index (χ3v) is 4.11. The monoisotopic (exact) mass is 335 g/mol. The number of hydrogen-bond acceptors (Lipinski definition) is 6. The van der Waals surface area contributed by atoms with Gasteiger partial charge in [-0.1, -0.05) is 0 Å². The Balaban J connectivity index is 1.59. The fraction of sp³-hybridized carbons (Fsp3) is 0.562. The van der Waals surface area contributed by atoms with E-state index in [0.717, 1.165) is 18.5 Å². The summed E-state index contributed by atoms with van der Waals surface area (Å²) < 4.78 is 17.2. The van der Waals surface area contributed by atoms with Crippen LogP contribution >= 0.6 is 0 Å². The topological polar surface area (TPSA) is 91.7 Å². The molecule has 1 amide bonds. The molecule has 8 heteroatoms. The molecule has 130 valence electrons. The highest BCUT2D eigenvalue weighted by Crippen LogP contribution is 2.38. The van der Waals surface area contributed by atoms with Crippen LogP contribution in [0.5, 0.6) is 0 Å². The molecule has 0 radical (unpaired) electrons. The number of carbonyl (C=O) groups is 1. The van der Waals surface area contributed by atoms with Gasteiger partial charge in [0, 0.05) is 26.2 Å². The largest absolute Gasteiger partial charge is 0.352 e. The standard InChI is InChI=1S/C16H21N3O5/c1-22-15-7-8-16(23-2,24-15)10-17-13(20)9-19-14(21)6-5-12(18-19)11-3-4-11/h5-8,11,15H,3-4,9-10H2,1-2H3,(H,17,20). The first-order valence-corrected chi connectivity index (χ1v) is 7.85. The van der Waals surface area contributed by atoms with Crippen LogP contribution < -0.4 is 10.9 Å². The van der Waals surface area contributed by atoms with Gasteiger partial charge in [0.05, 0.1) is 12.2 Å². The van der Waals surface area contributed by atoms with Crippen molar-refractivity contribution in [2.75, 3.05) is 20.8 Å². The van der Waals surface area contributed by atoms with Gasteiger partial charge in [0.2, 0.25) is 11.7 Å². The van der Waals surface area contributed by atoms with Crippen LogP contribution in [0.3, 0.4) is 0 Å². The van der Waals surface area contributed by atoms with Crippen LogP contribution in [-0.4, -0.2) is 48.5 Å². The Hall–Kier alpha value is -2.03. The first-order chi connectivity index (χ1) is 11.5. The van der Waals surface area contributed by atoms with Gasteiger partial charge in [-0.15, -0.1) is 0 Å². The molecule has 2 atom stereocenters. The molecule has 0 aromatic carbocycles. The van der Waals surface area contributed by atoms with Crippen molar-refractivity contribution in [2.45, 2.75) is 37.4 Å². The summed E-state index contributed by atoms with van der Waals surface area (Å²) in [4.78, 5) is 24.0. The number of hydrogen-bond donors (Lipinski definition) is 1. The van der Waals surface area contributed by atoms with E-state index in [2.05, 4.69) is 10.4 Å². The van der Waals surface area contributed by atoms with Crippen molar-refractivity contribution in [3.63, 3.8) is 0 Å². The Bertz CT molecular complexity index is 697. The van der Waals surface area contributed by atoms with Crippen LogP contribution in [0.15, 0.2) is 29.1 Å². The average Bonchev–Trinajstić information content (AvgIpc) is 3.35. The summed E-state index contributed by atoms with van der Waals surface area (Å²) in [5.74, 6) is -0.989. The summed E-state index contributed by atoms with van der Waals surface area (Å²) in [6.07, 6.45) is 5.05. The Morgan fingerprint density at radius 2 is 2.25 bits per heavy atom. The zero-order chi connectivity index (χ0) is 17.2. The first kappa shape index (κ1) is 16.8. The van der Waals surface area contributed by atoms with E-state index in [9.17, 15) is 9.59 Å². The molecule has 2 unspecified atom stereocenters. The predicted octanol–water partition coefficient (Wildman–Crippen LogP) is 0.138. The van der Waals surface area contributed by atoms with Crippen molar-refractivity contribution in [3.05, 3.63) is 40.3 Å². The van der Waals surface area contributed by atoms with Crippen molar-refractivity contribution in [2.24, 2.45) is 0 Å². The van der Waals surface area contributed by atoms with Gasteiger partial charge < -0.3 is 19.5 Å². The minimum Gasteiger partial charge on any atom is -0.352 e. The number of carbonyl (C=O) groups excluding carboxylic acids is 1. The number of nitrogens with zero attached hydrogens (tertiary/aromatic N) is 2. The van der Waals surface area contributed by atoms with E-state index in [1.807, 2.05) is 0 Å². The molecular weight excluding hydrogens is 314 g/mol. The van der Waals surface area contributed by atoms with Crippen molar-refractivity contribution in [1.29, 1.82) is 0 Å². The minimum atomic E-state index is -1.06. The molecule has 3 rings (SSSR count). The van der Waals surface area contributed by atoms with Gasteiger partial charge in [-0.3, -0.25) is 9.59 Å². The Morgan fingerprint density at radius 3 is 2.88 bits per heavy atom. The lowest BCUT2D eigenvalue weighted by Crippen LogP contribution is -2.46. The van der Waals surface area contributed by atoms with Crippen LogP contribution in [0.25, 0.3) is 0 Å². The SMILES string of the molecule is COC1C=CC(CNC(=O)Cn2nc(C3CC3)ccc2=O)(OC)O1. The highest BCUT2D eigenvalue weighted by molar-refractivity contribution is 5.75. The number of nitrogens with one attached hydrogen (secondary N) is 1. The average molecular weight is 335 g/mol. The van der Waals surface area contributed by atoms with Gasteiger partial charge in [0.15, 0.2) is 6.29 Å². The van der Waals surface area contributed by atoms with Gasteiger partial charge in [-0.2, -0.15) is 5.10 Å². The molecular formula is C16H21N3O5. The molecule has 1 aliphatic carbocycles. The zero-order valence-electron chi connectivity index (χ0n) is 13.7. The fourth-order valence-electron chi connectivity index (χ4n) is 2.50. The molecule has 24 heavy (non-hydrogen) atoms. The highest BCUT2D eigenvalue weighted by atomic mass is 16.8. The molecule has 0 spiro atoms. The summed E-state index contributed by atoms with van der Waals surface area (Å²) in [6.45, 7) is -0.0353. The lowest BCUT2D eigenvalue weighted by Gasteiger charge is -2.27. The summed E-state index contributed by atoms with van der Waals surface area (Å²) in [7, 11) is 3.00. The van der Waals surface area contributed by atoms with Crippen LogP contribution in [0.4, 0.5) is 0 Å². The lowest BCUT2D eigenvalue weighted by molar-refractivity contribution is -0.239. The number of aromatic nitrogens is 2. The molecule has 1 N–H and O–H groups in total. The van der Waals surface area contributed by atoms with Crippen molar-refractivity contribution in [1.82, 2.24) is 15.1 Å². The molecule has 1 aromatic heterocycles. The Kier molecular flexibility index (Phi) is 4.79. The summed E-state index contributed by atoms with van der Waals surface area (Å²) in [5, 5.41) is 6.97. The van der Waals surface area contributed by atoms with Crippen LogP contribution in [0.1, 0.15) is 24.5 Å². The van der Waals surface area contributed by atoms with Crippen LogP contribution in [0, 0.1) is 0 Å². The second-order valence-corrected chi connectivity index (χ2v) is 5.90. The Labute approximate surface area is 139 Å². The van der Waals surface area contributed by atoms with Gasteiger partial charge in [-0.25, -0.2) is 4.68 Å².